The van der Waals surface area contributed by atoms with E-state index in [1.54, 1.807) is 0 Å². The summed E-state index contributed by atoms with van der Waals surface area (Å²) in [5.41, 5.74) is 2.60. The monoisotopic (exact) mass is 320 g/mol. The molecule has 1 atom stereocenters. The van der Waals surface area contributed by atoms with Crippen LogP contribution in [0.3, 0.4) is 0 Å². The average molecular weight is 322 g/mol. The van der Waals surface area contributed by atoms with Crippen LogP contribution in [0.5, 0.6) is 5.75 Å². The largest absolute Gasteiger partial charge is 0.493 e. The molecule has 0 radical (unpaired) electrons. The van der Waals surface area contributed by atoms with E-state index in [2.05, 4.69) is 35.0 Å². The highest BCUT2D eigenvalue weighted by Gasteiger charge is 2.17. The van der Waals surface area contributed by atoms with Gasteiger partial charge in [-0.2, -0.15) is 11.8 Å². The molecule has 1 unspecified atom stereocenters. The van der Waals surface area contributed by atoms with Gasteiger partial charge in [0, 0.05) is 33.3 Å². The number of hydrogen-bond acceptors (Lipinski definition) is 2. The van der Waals surface area contributed by atoms with Crippen LogP contribution in [0.25, 0.3) is 0 Å². The van der Waals surface area contributed by atoms with Gasteiger partial charge in [-0.15, -0.1) is 11.6 Å². The van der Waals surface area contributed by atoms with Crippen molar-refractivity contribution >= 4 is 39.3 Å². The Morgan fingerprint density at radius 3 is 3.12 bits per heavy atom. The minimum absolute atomic E-state index is 0.484. The van der Waals surface area contributed by atoms with Gasteiger partial charge in [0.15, 0.2) is 0 Å². The molecule has 0 amide bonds. The molecule has 1 aliphatic heterocycles. The molecule has 1 aromatic carbocycles. The van der Waals surface area contributed by atoms with Crippen molar-refractivity contribution in [3.8, 4) is 5.75 Å². The van der Waals surface area contributed by atoms with Gasteiger partial charge in [-0.05, 0) is 17.7 Å². The summed E-state index contributed by atoms with van der Waals surface area (Å²) in [6.45, 7) is 2.96. The molecule has 0 saturated carbocycles. The molecule has 1 nitrogen and oxygen atoms in total. The molecule has 0 bridgehead atoms. The molecule has 88 valence electrons. The Kier molecular flexibility index (Phi) is 4.45. The van der Waals surface area contributed by atoms with Crippen molar-refractivity contribution in [1.29, 1.82) is 0 Å². The summed E-state index contributed by atoms with van der Waals surface area (Å²) >= 11 is 11.2. The Morgan fingerprint density at radius 2 is 2.38 bits per heavy atom. The van der Waals surface area contributed by atoms with Crippen LogP contribution in [0.2, 0.25) is 0 Å². The smallest absolute Gasteiger partial charge is 0.126 e. The first-order valence-electron chi connectivity index (χ1n) is 5.32. The third-order valence-electron chi connectivity index (χ3n) is 2.57. The lowest BCUT2D eigenvalue weighted by Gasteiger charge is -2.11. The summed E-state index contributed by atoms with van der Waals surface area (Å²) in [5.74, 6) is 2.76. The fourth-order valence-corrected chi connectivity index (χ4v) is 3.32. The summed E-state index contributed by atoms with van der Waals surface area (Å²) in [5, 5.41) is 0.484. The van der Waals surface area contributed by atoms with Crippen molar-refractivity contribution in [2.24, 2.45) is 0 Å². The van der Waals surface area contributed by atoms with Crippen LogP contribution in [0.1, 0.15) is 18.1 Å². The quantitative estimate of drug-likeness (QED) is 0.767. The second-order valence-corrected chi connectivity index (χ2v) is 6.58. The van der Waals surface area contributed by atoms with Gasteiger partial charge in [0.2, 0.25) is 0 Å². The lowest BCUT2D eigenvalue weighted by atomic mass is 10.1. The molecule has 0 spiro atoms. The van der Waals surface area contributed by atoms with Gasteiger partial charge in [0.05, 0.1) is 6.61 Å². The van der Waals surface area contributed by atoms with Crippen molar-refractivity contribution in [2.75, 3.05) is 12.5 Å². The lowest BCUT2D eigenvalue weighted by molar-refractivity contribution is 0.354. The van der Waals surface area contributed by atoms with Gasteiger partial charge < -0.3 is 4.74 Å². The Labute approximate surface area is 114 Å². The third-order valence-corrected chi connectivity index (χ3v) is 4.88. The van der Waals surface area contributed by atoms with Gasteiger partial charge in [-0.1, -0.05) is 22.9 Å². The summed E-state index contributed by atoms with van der Waals surface area (Å²) in [6, 6.07) is 4.31. The van der Waals surface area contributed by atoms with Crippen LogP contribution in [-0.2, 0) is 12.2 Å². The van der Waals surface area contributed by atoms with E-state index in [0.29, 0.717) is 11.1 Å². The molecule has 16 heavy (non-hydrogen) atoms. The predicted molar refractivity (Wildman–Crippen MR) is 74.8 cm³/mol. The van der Waals surface area contributed by atoms with Gasteiger partial charge in [-0.3, -0.25) is 0 Å². The molecular weight excluding hydrogens is 308 g/mol. The molecule has 0 aromatic heterocycles. The zero-order valence-electron chi connectivity index (χ0n) is 9.13. The maximum atomic E-state index is 5.81. The summed E-state index contributed by atoms with van der Waals surface area (Å²) in [6.07, 6.45) is 1.03. The van der Waals surface area contributed by atoms with Gasteiger partial charge in [0.25, 0.3) is 0 Å². The van der Waals surface area contributed by atoms with E-state index in [1.807, 2.05) is 11.8 Å². The first-order valence-corrected chi connectivity index (χ1v) is 7.70. The summed E-state index contributed by atoms with van der Waals surface area (Å²) in [7, 11) is 0. The number of fused-ring (bicyclic) bond motifs is 1. The standard InChI is InChI=1S/C12H14BrClOS/c1-8(6-14)16-7-10-5-11(13)4-9-2-3-15-12(9)10/h4-5,8H,2-3,6-7H2,1H3. The van der Waals surface area contributed by atoms with E-state index in [1.165, 1.54) is 11.1 Å². The molecule has 0 N–H and O–H groups in total. The van der Waals surface area contributed by atoms with Gasteiger partial charge in [-0.25, -0.2) is 0 Å². The van der Waals surface area contributed by atoms with Crippen LogP contribution >= 0.6 is 39.3 Å². The minimum atomic E-state index is 0.484. The number of thioether (sulfide) groups is 1. The fraction of sp³-hybridized carbons (Fsp3) is 0.500. The summed E-state index contributed by atoms with van der Waals surface area (Å²) < 4.78 is 6.83. The number of halogens is 2. The molecular formula is C12H14BrClOS. The first-order chi connectivity index (χ1) is 7.70. The SMILES string of the molecule is CC(CCl)SCc1cc(Br)cc2c1OCC2. The maximum Gasteiger partial charge on any atom is 0.126 e. The van der Waals surface area contributed by atoms with E-state index < -0.39 is 0 Å². The Balaban J connectivity index is 2.14. The van der Waals surface area contributed by atoms with Gasteiger partial charge in [0.1, 0.15) is 5.75 Å². The predicted octanol–water partition coefficient (Wildman–Crippen LogP) is 4.24. The van der Waals surface area contributed by atoms with E-state index in [0.717, 1.165) is 29.0 Å². The normalized spacial score (nSPS) is 15.7. The van der Waals surface area contributed by atoms with E-state index in [4.69, 9.17) is 16.3 Å². The van der Waals surface area contributed by atoms with Gasteiger partial charge >= 0.3 is 0 Å². The fourth-order valence-electron chi connectivity index (χ4n) is 1.73. The number of alkyl halides is 1. The van der Waals surface area contributed by atoms with Crippen LogP contribution in [0.4, 0.5) is 0 Å². The highest BCUT2D eigenvalue weighted by atomic mass is 79.9. The van der Waals surface area contributed by atoms with Crippen molar-refractivity contribution in [3.63, 3.8) is 0 Å². The molecule has 0 fully saturated rings. The molecule has 0 aliphatic carbocycles. The van der Waals surface area contributed by atoms with E-state index >= 15 is 0 Å². The maximum absolute atomic E-state index is 5.81. The first kappa shape index (κ1) is 12.6. The van der Waals surface area contributed by atoms with E-state index in [9.17, 15) is 0 Å². The van der Waals surface area contributed by atoms with Crippen molar-refractivity contribution in [3.05, 3.63) is 27.7 Å². The highest BCUT2D eigenvalue weighted by molar-refractivity contribution is 9.10. The highest BCUT2D eigenvalue weighted by Crippen LogP contribution is 2.35. The molecule has 1 heterocycles. The van der Waals surface area contributed by atoms with Crippen molar-refractivity contribution < 1.29 is 4.74 Å². The second kappa shape index (κ2) is 5.65. The zero-order chi connectivity index (χ0) is 11.5. The minimum Gasteiger partial charge on any atom is -0.493 e. The number of ether oxygens (including phenoxy) is 1. The Hall–Kier alpha value is 0.140. The van der Waals surface area contributed by atoms with Crippen molar-refractivity contribution in [2.45, 2.75) is 24.3 Å². The molecule has 1 aromatic rings. The van der Waals surface area contributed by atoms with Crippen LogP contribution in [0, 0.1) is 0 Å². The van der Waals surface area contributed by atoms with E-state index in [-0.39, 0.29) is 0 Å². The number of hydrogen-bond donors (Lipinski definition) is 0. The zero-order valence-corrected chi connectivity index (χ0v) is 12.3. The van der Waals surface area contributed by atoms with Crippen LogP contribution in [-0.4, -0.2) is 17.7 Å². The molecule has 4 heteroatoms. The Morgan fingerprint density at radius 1 is 1.56 bits per heavy atom. The second-order valence-electron chi connectivity index (χ2n) is 3.93. The molecule has 1 aliphatic rings. The number of rotatable bonds is 4. The average Bonchev–Trinajstić information content (AvgIpc) is 2.73. The molecule has 2 rings (SSSR count). The Bertz CT molecular complexity index is 384. The molecule has 0 saturated heterocycles. The summed E-state index contributed by atoms with van der Waals surface area (Å²) in [4.78, 5) is 0. The number of benzene rings is 1. The van der Waals surface area contributed by atoms with Crippen LogP contribution < -0.4 is 4.74 Å². The van der Waals surface area contributed by atoms with Crippen LogP contribution in [0.15, 0.2) is 16.6 Å². The lowest BCUT2D eigenvalue weighted by Crippen LogP contribution is -1.99. The topological polar surface area (TPSA) is 9.23 Å². The third kappa shape index (κ3) is 2.88. The van der Waals surface area contributed by atoms with Crippen molar-refractivity contribution in [1.82, 2.24) is 0 Å².